The van der Waals surface area contributed by atoms with Gasteiger partial charge in [0.1, 0.15) is 17.6 Å². The molecule has 7 nitrogen and oxygen atoms in total. The molecule has 2 aliphatic rings. The normalized spacial score (nSPS) is 21.4. The van der Waals surface area contributed by atoms with Crippen LogP contribution in [0.5, 0.6) is 0 Å². The standard InChI is InChI=1S/C16H20FN3O4/c1-20(2)10-6-9(17)7-11(13(8-10)24-3)15(22)18-12-4-5-14(21)19-16(12)23/h7-8,12H,4-6H2,1-3H3,(H,18,22)(H,19,21,23). The Balaban J connectivity index is 2.26. The summed E-state index contributed by atoms with van der Waals surface area (Å²) in [4.78, 5) is 37.1. The molecule has 1 fully saturated rings. The maximum absolute atomic E-state index is 14.1. The summed E-state index contributed by atoms with van der Waals surface area (Å²) in [7, 11) is 4.91. The Hall–Kier alpha value is -2.64. The number of hydrogen-bond acceptors (Lipinski definition) is 5. The number of hydrogen-bond donors (Lipinski definition) is 2. The average Bonchev–Trinajstić information content (AvgIpc) is 2.68. The fraction of sp³-hybridized carbons (Fsp3) is 0.438. The number of halogens is 1. The van der Waals surface area contributed by atoms with E-state index in [1.54, 1.807) is 25.1 Å². The zero-order chi connectivity index (χ0) is 17.9. The Morgan fingerprint density at radius 2 is 2.08 bits per heavy atom. The van der Waals surface area contributed by atoms with Crippen LogP contribution in [-0.4, -0.2) is 49.9 Å². The van der Waals surface area contributed by atoms with Gasteiger partial charge in [0, 0.05) is 38.7 Å². The van der Waals surface area contributed by atoms with E-state index in [0.29, 0.717) is 5.70 Å². The van der Waals surface area contributed by atoms with Crippen LogP contribution in [0.25, 0.3) is 0 Å². The van der Waals surface area contributed by atoms with Crippen molar-refractivity contribution in [1.82, 2.24) is 15.5 Å². The molecule has 1 aliphatic carbocycles. The molecular formula is C16H20FN3O4. The van der Waals surface area contributed by atoms with Crippen molar-refractivity contribution in [2.75, 3.05) is 21.2 Å². The minimum Gasteiger partial charge on any atom is -0.496 e. The average molecular weight is 337 g/mol. The number of imide groups is 1. The number of allylic oxidation sites excluding steroid dienone is 2. The zero-order valence-electron chi connectivity index (χ0n) is 13.8. The van der Waals surface area contributed by atoms with E-state index in [4.69, 9.17) is 4.74 Å². The van der Waals surface area contributed by atoms with Gasteiger partial charge in [0.15, 0.2) is 0 Å². The van der Waals surface area contributed by atoms with Gasteiger partial charge in [-0.25, -0.2) is 4.39 Å². The van der Waals surface area contributed by atoms with Gasteiger partial charge < -0.3 is 15.0 Å². The number of piperidine rings is 1. The zero-order valence-corrected chi connectivity index (χ0v) is 13.8. The van der Waals surface area contributed by atoms with Crippen molar-refractivity contribution in [2.45, 2.75) is 25.3 Å². The van der Waals surface area contributed by atoms with Gasteiger partial charge in [0.25, 0.3) is 5.91 Å². The smallest absolute Gasteiger partial charge is 0.255 e. The molecule has 3 amide bonds. The number of methoxy groups -OCH3 is 1. The van der Waals surface area contributed by atoms with Gasteiger partial charge in [0.2, 0.25) is 11.8 Å². The van der Waals surface area contributed by atoms with Crippen LogP contribution in [0.1, 0.15) is 19.3 Å². The number of ether oxygens (including phenoxy) is 1. The van der Waals surface area contributed by atoms with Crippen LogP contribution in [0.3, 0.4) is 0 Å². The molecule has 0 aromatic carbocycles. The predicted octanol–water partition coefficient (Wildman–Crippen LogP) is 0.511. The van der Waals surface area contributed by atoms with E-state index in [0.717, 1.165) is 6.08 Å². The summed E-state index contributed by atoms with van der Waals surface area (Å²) >= 11 is 0. The van der Waals surface area contributed by atoms with Crippen LogP contribution in [0.2, 0.25) is 0 Å². The van der Waals surface area contributed by atoms with Gasteiger partial charge in [-0.3, -0.25) is 19.7 Å². The van der Waals surface area contributed by atoms with E-state index in [1.807, 2.05) is 0 Å². The van der Waals surface area contributed by atoms with Crippen molar-refractivity contribution < 1.29 is 23.5 Å². The molecule has 0 aromatic rings. The molecule has 24 heavy (non-hydrogen) atoms. The number of amides is 3. The van der Waals surface area contributed by atoms with E-state index in [-0.39, 0.29) is 36.5 Å². The quantitative estimate of drug-likeness (QED) is 0.730. The van der Waals surface area contributed by atoms with Crippen LogP contribution < -0.4 is 10.6 Å². The topological polar surface area (TPSA) is 87.7 Å². The predicted molar refractivity (Wildman–Crippen MR) is 83.9 cm³/mol. The highest BCUT2D eigenvalue weighted by Gasteiger charge is 2.29. The molecule has 0 spiro atoms. The molecular weight excluding hydrogens is 317 g/mol. The Morgan fingerprint density at radius 1 is 1.38 bits per heavy atom. The van der Waals surface area contributed by atoms with E-state index in [9.17, 15) is 18.8 Å². The minimum absolute atomic E-state index is 0.00319. The summed E-state index contributed by atoms with van der Waals surface area (Å²) in [6.45, 7) is 0. The second kappa shape index (κ2) is 7.29. The summed E-state index contributed by atoms with van der Waals surface area (Å²) in [5.41, 5.74) is 0.640. The number of nitrogens with one attached hydrogen (secondary N) is 2. The summed E-state index contributed by atoms with van der Waals surface area (Å²) in [6.07, 6.45) is 3.07. The van der Waals surface area contributed by atoms with Crippen LogP contribution >= 0.6 is 0 Å². The molecule has 0 aromatic heterocycles. The molecule has 8 heteroatoms. The third-order valence-electron chi connectivity index (χ3n) is 3.80. The first-order chi connectivity index (χ1) is 11.3. The lowest BCUT2D eigenvalue weighted by Gasteiger charge is -2.22. The molecule has 1 saturated heterocycles. The molecule has 2 rings (SSSR count). The largest absolute Gasteiger partial charge is 0.496 e. The van der Waals surface area contributed by atoms with E-state index in [2.05, 4.69) is 10.6 Å². The van der Waals surface area contributed by atoms with Crippen molar-refractivity contribution in [3.63, 3.8) is 0 Å². The first kappa shape index (κ1) is 17.7. The molecule has 0 saturated carbocycles. The number of nitrogens with zero attached hydrogens (tertiary/aromatic N) is 1. The third-order valence-corrected chi connectivity index (χ3v) is 3.80. The first-order valence-electron chi connectivity index (χ1n) is 7.48. The summed E-state index contributed by atoms with van der Waals surface area (Å²) in [5, 5.41) is 4.68. The highest BCUT2D eigenvalue weighted by Crippen LogP contribution is 2.25. The van der Waals surface area contributed by atoms with Gasteiger partial charge in [-0.1, -0.05) is 0 Å². The fourth-order valence-electron chi connectivity index (χ4n) is 2.43. The second-order valence-electron chi connectivity index (χ2n) is 5.76. The van der Waals surface area contributed by atoms with Crippen molar-refractivity contribution >= 4 is 17.7 Å². The van der Waals surface area contributed by atoms with Gasteiger partial charge in [-0.2, -0.15) is 0 Å². The second-order valence-corrected chi connectivity index (χ2v) is 5.76. The monoisotopic (exact) mass is 337 g/mol. The van der Waals surface area contributed by atoms with Gasteiger partial charge in [0.05, 0.1) is 12.7 Å². The van der Waals surface area contributed by atoms with E-state index < -0.39 is 23.7 Å². The van der Waals surface area contributed by atoms with Crippen molar-refractivity contribution in [3.05, 3.63) is 35.0 Å². The van der Waals surface area contributed by atoms with E-state index >= 15 is 0 Å². The SMILES string of the molecule is COC1=C(C(=O)NC2CCC(=O)NC2=O)C=C(F)CC(N(C)C)=C1. The summed E-state index contributed by atoms with van der Waals surface area (Å²) in [5.74, 6) is -1.86. The summed E-state index contributed by atoms with van der Waals surface area (Å²) < 4.78 is 19.3. The minimum atomic E-state index is -0.835. The van der Waals surface area contributed by atoms with E-state index in [1.165, 1.54) is 7.11 Å². The third kappa shape index (κ3) is 4.01. The highest BCUT2D eigenvalue weighted by atomic mass is 19.1. The Kier molecular flexibility index (Phi) is 5.38. The van der Waals surface area contributed by atoms with Crippen LogP contribution in [0.4, 0.5) is 4.39 Å². The van der Waals surface area contributed by atoms with Crippen molar-refractivity contribution in [2.24, 2.45) is 0 Å². The molecule has 0 bridgehead atoms. The number of carbonyl (C=O) groups is 3. The molecule has 0 radical (unpaired) electrons. The molecule has 2 N–H and O–H groups in total. The Labute approximate surface area is 139 Å². The van der Waals surface area contributed by atoms with Crippen molar-refractivity contribution in [1.29, 1.82) is 0 Å². The lowest BCUT2D eigenvalue weighted by molar-refractivity contribution is -0.136. The maximum Gasteiger partial charge on any atom is 0.255 e. The van der Waals surface area contributed by atoms with Crippen molar-refractivity contribution in [3.8, 4) is 0 Å². The number of carbonyl (C=O) groups excluding carboxylic acids is 3. The highest BCUT2D eigenvalue weighted by molar-refractivity contribution is 6.04. The van der Waals surface area contributed by atoms with Crippen LogP contribution in [0.15, 0.2) is 35.0 Å². The molecule has 1 atom stereocenters. The van der Waals surface area contributed by atoms with Crippen LogP contribution in [-0.2, 0) is 19.1 Å². The maximum atomic E-state index is 14.1. The molecule has 130 valence electrons. The van der Waals surface area contributed by atoms with Gasteiger partial charge >= 0.3 is 0 Å². The summed E-state index contributed by atoms with van der Waals surface area (Å²) in [6, 6.07) is -0.835. The lowest BCUT2D eigenvalue weighted by Crippen LogP contribution is -2.52. The lowest BCUT2D eigenvalue weighted by atomic mass is 10.1. The van der Waals surface area contributed by atoms with Gasteiger partial charge in [-0.05, 0) is 12.5 Å². The molecule has 1 heterocycles. The van der Waals surface area contributed by atoms with Gasteiger partial charge in [-0.15, -0.1) is 0 Å². The first-order valence-corrected chi connectivity index (χ1v) is 7.48. The Bertz CT molecular complexity index is 664. The number of rotatable bonds is 4. The fourth-order valence-corrected chi connectivity index (χ4v) is 2.43. The molecule has 1 aliphatic heterocycles. The Morgan fingerprint density at radius 3 is 2.67 bits per heavy atom. The van der Waals surface area contributed by atoms with Crippen LogP contribution in [0, 0.1) is 0 Å². The molecule has 1 unspecified atom stereocenters.